The molecule has 25 heavy (non-hydrogen) atoms. The molecule has 1 saturated heterocycles. The molecule has 1 aliphatic heterocycles. The van der Waals surface area contributed by atoms with Gasteiger partial charge in [-0.15, -0.1) is 10.2 Å². The average Bonchev–Trinajstić information content (AvgIpc) is 2.70. The van der Waals surface area contributed by atoms with E-state index in [1.807, 2.05) is 18.2 Å². The first-order valence-corrected chi connectivity index (χ1v) is 8.79. The highest BCUT2D eigenvalue weighted by molar-refractivity contribution is 5.59. The number of anilines is 1. The molecule has 4 rings (SSSR count). The van der Waals surface area contributed by atoms with Crippen LogP contribution in [0.25, 0.3) is 11.3 Å². The molecule has 0 saturated carbocycles. The van der Waals surface area contributed by atoms with Crippen molar-refractivity contribution in [2.75, 3.05) is 31.1 Å². The van der Waals surface area contributed by atoms with Gasteiger partial charge < -0.3 is 4.90 Å². The van der Waals surface area contributed by atoms with Crippen molar-refractivity contribution >= 4 is 5.82 Å². The lowest BCUT2D eigenvalue weighted by molar-refractivity contribution is 0.249. The molecule has 2 heterocycles. The normalized spacial score (nSPS) is 15.3. The fourth-order valence-electron chi connectivity index (χ4n) is 3.23. The second-order valence-corrected chi connectivity index (χ2v) is 6.39. The Bertz CT molecular complexity index is 779. The molecule has 0 unspecified atom stereocenters. The van der Waals surface area contributed by atoms with E-state index in [-0.39, 0.29) is 0 Å². The molecule has 4 nitrogen and oxygen atoms in total. The number of hydrogen-bond acceptors (Lipinski definition) is 4. The van der Waals surface area contributed by atoms with Gasteiger partial charge in [-0.1, -0.05) is 60.7 Å². The summed E-state index contributed by atoms with van der Waals surface area (Å²) < 4.78 is 0. The number of piperazine rings is 1. The van der Waals surface area contributed by atoms with Crippen molar-refractivity contribution < 1.29 is 0 Å². The SMILES string of the molecule is c1ccc(CN2CCN(c3ccc(-c4ccccc4)nn3)CC2)cc1. The summed E-state index contributed by atoms with van der Waals surface area (Å²) in [4.78, 5) is 4.82. The molecular weight excluding hydrogens is 308 g/mol. The zero-order valence-corrected chi connectivity index (χ0v) is 14.3. The average molecular weight is 330 g/mol. The summed E-state index contributed by atoms with van der Waals surface area (Å²) in [5, 5.41) is 8.85. The Morgan fingerprint density at radius 2 is 1.36 bits per heavy atom. The van der Waals surface area contributed by atoms with Crippen molar-refractivity contribution in [3.8, 4) is 11.3 Å². The Kier molecular flexibility index (Phi) is 4.70. The van der Waals surface area contributed by atoms with Gasteiger partial charge in [-0.25, -0.2) is 0 Å². The standard InChI is InChI=1S/C21H22N4/c1-3-7-18(8-4-1)17-24-13-15-25(16-14-24)21-12-11-20(22-23-21)19-9-5-2-6-10-19/h1-12H,13-17H2. The quantitative estimate of drug-likeness (QED) is 0.733. The van der Waals surface area contributed by atoms with E-state index in [0.717, 1.165) is 49.8 Å². The van der Waals surface area contributed by atoms with Gasteiger partial charge in [0.05, 0.1) is 5.69 Å². The van der Waals surface area contributed by atoms with Gasteiger partial charge in [-0.3, -0.25) is 4.90 Å². The lowest BCUT2D eigenvalue weighted by Crippen LogP contribution is -2.46. The fourth-order valence-corrected chi connectivity index (χ4v) is 3.23. The van der Waals surface area contributed by atoms with Gasteiger partial charge in [0, 0.05) is 38.3 Å². The molecule has 1 aliphatic rings. The van der Waals surface area contributed by atoms with Crippen LogP contribution in [0.1, 0.15) is 5.56 Å². The Morgan fingerprint density at radius 3 is 2.00 bits per heavy atom. The maximum atomic E-state index is 4.45. The molecule has 0 amide bonds. The zero-order chi connectivity index (χ0) is 16.9. The smallest absolute Gasteiger partial charge is 0.151 e. The molecule has 0 aliphatic carbocycles. The largest absolute Gasteiger partial charge is 0.353 e. The first-order chi connectivity index (χ1) is 12.4. The van der Waals surface area contributed by atoms with Gasteiger partial charge in [0.25, 0.3) is 0 Å². The molecular formula is C21H22N4. The number of nitrogens with zero attached hydrogens (tertiary/aromatic N) is 4. The monoisotopic (exact) mass is 330 g/mol. The van der Waals surface area contributed by atoms with Crippen molar-refractivity contribution in [2.24, 2.45) is 0 Å². The topological polar surface area (TPSA) is 32.3 Å². The first kappa shape index (κ1) is 15.8. The molecule has 0 radical (unpaired) electrons. The van der Waals surface area contributed by atoms with E-state index in [4.69, 9.17) is 0 Å². The van der Waals surface area contributed by atoms with E-state index in [1.54, 1.807) is 0 Å². The van der Waals surface area contributed by atoms with Crippen LogP contribution in [0.3, 0.4) is 0 Å². The molecule has 0 atom stereocenters. The van der Waals surface area contributed by atoms with Crippen LogP contribution in [0.2, 0.25) is 0 Å². The van der Waals surface area contributed by atoms with Crippen LogP contribution in [0.4, 0.5) is 5.82 Å². The summed E-state index contributed by atoms with van der Waals surface area (Å²) in [5.74, 6) is 0.971. The number of hydrogen-bond donors (Lipinski definition) is 0. The minimum Gasteiger partial charge on any atom is -0.353 e. The van der Waals surface area contributed by atoms with Crippen LogP contribution in [-0.2, 0) is 6.54 Å². The van der Waals surface area contributed by atoms with E-state index >= 15 is 0 Å². The number of aromatic nitrogens is 2. The van der Waals surface area contributed by atoms with Crippen LogP contribution >= 0.6 is 0 Å². The Balaban J connectivity index is 1.36. The van der Waals surface area contributed by atoms with Gasteiger partial charge in [0.15, 0.2) is 5.82 Å². The van der Waals surface area contributed by atoms with Crippen molar-refractivity contribution in [2.45, 2.75) is 6.54 Å². The van der Waals surface area contributed by atoms with Crippen molar-refractivity contribution in [1.82, 2.24) is 15.1 Å². The summed E-state index contributed by atoms with van der Waals surface area (Å²) in [7, 11) is 0. The Labute approximate surface area is 148 Å². The molecule has 126 valence electrons. The predicted octanol–water partition coefficient (Wildman–Crippen LogP) is 3.47. The maximum Gasteiger partial charge on any atom is 0.151 e. The van der Waals surface area contributed by atoms with Gasteiger partial charge in [0.2, 0.25) is 0 Å². The third-order valence-electron chi connectivity index (χ3n) is 4.67. The molecule has 1 fully saturated rings. The van der Waals surface area contributed by atoms with E-state index in [0.29, 0.717) is 0 Å². The van der Waals surface area contributed by atoms with Crippen LogP contribution in [0.15, 0.2) is 72.8 Å². The van der Waals surface area contributed by atoms with Crippen molar-refractivity contribution in [1.29, 1.82) is 0 Å². The molecule has 4 heteroatoms. The summed E-state index contributed by atoms with van der Waals surface area (Å²) in [5.41, 5.74) is 3.41. The maximum absolute atomic E-state index is 4.45. The van der Waals surface area contributed by atoms with Crippen molar-refractivity contribution in [3.63, 3.8) is 0 Å². The summed E-state index contributed by atoms with van der Waals surface area (Å²) >= 11 is 0. The minimum absolute atomic E-state index is 0.923. The molecule has 2 aromatic carbocycles. The fraction of sp³-hybridized carbons (Fsp3) is 0.238. The lowest BCUT2D eigenvalue weighted by Gasteiger charge is -2.35. The second-order valence-electron chi connectivity index (χ2n) is 6.39. The van der Waals surface area contributed by atoms with Gasteiger partial charge in [-0.2, -0.15) is 0 Å². The van der Waals surface area contributed by atoms with E-state index in [1.165, 1.54) is 5.56 Å². The highest BCUT2D eigenvalue weighted by Gasteiger charge is 2.18. The zero-order valence-electron chi connectivity index (χ0n) is 14.3. The van der Waals surface area contributed by atoms with E-state index in [9.17, 15) is 0 Å². The number of rotatable bonds is 4. The Hall–Kier alpha value is -2.72. The highest BCUT2D eigenvalue weighted by atomic mass is 15.3. The summed E-state index contributed by atoms with van der Waals surface area (Å²) in [6.45, 7) is 5.11. The molecule has 0 bridgehead atoms. The van der Waals surface area contributed by atoms with Crippen molar-refractivity contribution in [3.05, 3.63) is 78.4 Å². The summed E-state index contributed by atoms with van der Waals surface area (Å²) in [6, 6.07) is 25.0. The van der Waals surface area contributed by atoms with Crippen LogP contribution in [0.5, 0.6) is 0 Å². The summed E-state index contributed by atoms with van der Waals surface area (Å²) in [6.07, 6.45) is 0. The Morgan fingerprint density at radius 1 is 0.680 bits per heavy atom. The minimum atomic E-state index is 0.923. The van der Waals surface area contributed by atoms with E-state index < -0.39 is 0 Å². The second kappa shape index (κ2) is 7.45. The first-order valence-electron chi connectivity index (χ1n) is 8.79. The molecule has 1 aromatic heterocycles. The highest BCUT2D eigenvalue weighted by Crippen LogP contribution is 2.19. The van der Waals surface area contributed by atoms with E-state index in [2.05, 4.69) is 74.6 Å². The van der Waals surface area contributed by atoms with Gasteiger partial charge >= 0.3 is 0 Å². The van der Waals surface area contributed by atoms with Crippen LogP contribution in [-0.4, -0.2) is 41.3 Å². The lowest BCUT2D eigenvalue weighted by atomic mass is 10.1. The number of benzene rings is 2. The molecule has 0 spiro atoms. The molecule has 3 aromatic rings. The predicted molar refractivity (Wildman–Crippen MR) is 101 cm³/mol. The van der Waals surface area contributed by atoms with Crippen LogP contribution < -0.4 is 4.90 Å². The third kappa shape index (κ3) is 3.86. The van der Waals surface area contributed by atoms with Crippen LogP contribution in [0, 0.1) is 0 Å². The molecule has 0 N–H and O–H groups in total. The van der Waals surface area contributed by atoms with Gasteiger partial charge in [-0.05, 0) is 17.7 Å². The third-order valence-corrected chi connectivity index (χ3v) is 4.67. The van der Waals surface area contributed by atoms with Gasteiger partial charge in [0.1, 0.15) is 0 Å².